The summed E-state index contributed by atoms with van der Waals surface area (Å²) >= 11 is 0. The number of fused-ring (bicyclic) bond motifs is 7. The number of allylic oxidation sites excluding steroid dienone is 2. The van der Waals surface area contributed by atoms with Crippen molar-refractivity contribution < 1.29 is 0 Å². The van der Waals surface area contributed by atoms with Crippen molar-refractivity contribution in [2.45, 2.75) is 119 Å². The zero-order chi connectivity index (χ0) is 20.9. The lowest BCUT2D eigenvalue weighted by Crippen LogP contribution is -2.65. The predicted octanol–water partition coefficient (Wildman–Crippen LogP) is 8.81. The second-order valence-corrected chi connectivity index (χ2v) is 13.7. The molecule has 0 heterocycles. The molecule has 0 spiro atoms. The molecule has 0 aromatic heterocycles. The van der Waals surface area contributed by atoms with Crippen molar-refractivity contribution in [2.24, 2.45) is 50.7 Å². The molecular formula is C29H48. The molecule has 0 amide bonds. The Morgan fingerprint density at radius 2 is 1.48 bits per heavy atom. The molecular weight excluding hydrogens is 348 g/mol. The molecule has 164 valence electrons. The predicted molar refractivity (Wildman–Crippen MR) is 125 cm³/mol. The summed E-state index contributed by atoms with van der Waals surface area (Å²) < 4.78 is 0. The Labute approximate surface area is 181 Å². The third-order valence-corrected chi connectivity index (χ3v) is 13.4. The zero-order valence-corrected chi connectivity index (χ0v) is 20.7. The molecule has 9 unspecified atom stereocenters. The topological polar surface area (TPSA) is 0 Å². The third kappa shape index (κ3) is 2.23. The molecule has 4 fully saturated rings. The van der Waals surface area contributed by atoms with Gasteiger partial charge in [0.15, 0.2) is 0 Å². The molecule has 0 aliphatic heterocycles. The van der Waals surface area contributed by atoms with Crippen LogP contribution in [0.2, 0.25) is 0 Å². The molecule has 0 aromatic rings. The van der Waals surface area contributed by atoms with Gasteiger partial charge in [-0.25, -0.2) is 0 Å². The van der Waals surface area contributed by atoms with Crippen molar-refractivity contribution >= 4 is 0 Å². The maximum Gasteiger partial charge on any atom is -0.00341 e. The van der Waals surface area contributed by atoms with Crippen LogP contribution in [0, 0.1) is 50.7 Å². The Morgan fingerprint density at radius 1 is 0.759 bits per heavy atom. The summed E-state index contributed by atoms with van der Waals surface area (Å²) in [5.41, 5.74) is 4.44. The average Bonchev–Trinajstić information content (AvgIpc) is 2.65. The molecule has 29 heavy (non-hydrogen) atoms. The van der Waals surface area contributed by atoms with Gasteiger partial charge in [-0.05, 0) is 102 Å². The van der Waals surface area contributed by atoms with Crippen LogP contribution in [0.15, 0.2) is 11.6 Å². The molecule has 0 heteroatoms. The van der Waals surface area contributed by atoms with Gasteiger partial charge in [-0.2, -0.15) is 0 Å². The Hall–Kier alpha value is -0.260. The number of hydrogen-bond donors (Lipinski definition) is 0. The molecule has 5 aliphatic carbocycles. The van der Waals surface area contributed by atoms with E-state index in [0.717, 1.165) is 23.7 Å². The minimum atomic E-state index is 0.441. The van der Waals surface area contributed by atoms with Crippen molar-refractivity contribution in [3.63, 3.8) is 0 Å². The van der Waals surface area contributed by atoms with E-state index >= 15 is 0 Å². The standard InChI is InChI=1S/C29H48/c1-20-10-8-16-26(4)22(20)13-18-27(5)23-12-17-25(3)15-9-11-21(2)29(25,7)24(23)14-19-28(26,27)6/h14,20-23H,8-13,15-19H2,1-7H3. The second-order valence-electron chi connectivity index (χ2n) is 13.7. The molecule has 9 atom stereocenters. The van der Waals surface area contributed by atoms with E-state index < -0.39 is 0 Å². The van der Waals surface area contributed by atoms with Gasteiger partial charge >= 0.3 is 0 Å². The maximum atomic E-state index is 2.86. The monoisotopic (exact) mass is 396 g/mol. The Morgan fingerprint density at radius 3 is 2.24 bits per heavy atom. The van der Waals surface area contributed by atoms with Crippen LogP contribution in [0.3, 0.4) is 0 Å². The van der Waals surface area contributed by atoms with E-state index in [-0.39, 0.29) is 0 Å². The molecule has 0 saturated heterocycles. The van der Waals surface area contributed by atoms with Gasteiger partial charge in [0, 0.05) is 0 Å². The van der Waals surface area contributed by atoms with E-state index in [1.54, 1.807) is 0 Å². The van der Waals surface area contributed by atoms with Crippen LogP contribution in [0.1, 0.15) is 119 Å². The number of hydrogen-bond acceptors (Lipinski definition) is 0. The number of rotatable bonds is 0. The molecule has 0 bridgehead atoms. The molecule has 0 aromatic carbocycles. The first-order chi connectivity index (χ1) is 13.5. The first-order valence-corrected chi connectivity index (χ1v) is 13.2. The summed E-state index contributed by atoms with van der Waals surface area (Å²) in [6, 6.07) is 0. The van der Waals surface area contributed by atoms with Crippen molar-refractivity contribution in [1.82, 2.24) is 0 Å². The fourth-order valence-electron chi connectivity index (χ4n) is 10.8. The van der Waals surface area contributed by atoms with Crippen LogP contribution in [0.4, 0.5) is 0 Å². The molecule has 0 radical (unpaired) electrons. The Balaban J connectivity index is 1.63. The highest BCUT2D eigenvalue weighted by Crippen LogP contribution is 2.77. The largest absolute Gasteiger partial charge is 0.0839 e. The van der Waals surface area contributed by atoms with E-state index in [2.05, 4.69) is 54.5 Å². The van der Waals surface area contributed by atoms with Crippen LogP contribution in [-0.4, -0.2) is 0 Å². The highest BCUT2D eigenvalue weighted by atomic mass is 14.7. The molecule has 0 N–H and O–H groups in total. The second kappa shape index (κ2) is 6.16. The normalized spacial score (nSPS) is 59.6. The van der Waals surface area contributed by atoms with Gasteiger partial charge in [0.1, 0.15) is 0 Å². The Kier molecular flexibility index (Phi) is 4.38. The summed E-state index contributed by atoms with van der Waals surface area (Å²) in [5, 5.41) is 0. The minimum absolute atomic E-state index is 0.441. The minimum Gasteiger partial charge on any atom is -0.0839 e. The van der Waals surface area contributed by atoms with Gasteiger partial charge in [0.05, 0.1) is 0 Å². The fourth-order valence-corrected chi connectivity index (χ4v) is 10.8. The van der Waals surface area contributed by atoms with Gasteiger partial charge in [-0.1, -0.05) is 79.4 Å². The molecule has 0 nitrogen and oxygen atoms in total. The van der Waals surface area contributed by atoms with Gasteiger partial charge < -0.3 is 0 Å². The average molecular weight is 397 g/mol. The summed E-state index contributed by atoms with van der Waals surface area (Å²) in [6.07, 6.45) is 18.9. The van der Waals surface area contributed by atoms with E-state index in [1.165, 1.54) is 70.6 Å². The lowest BCUT2D eigenvalue weighted by Gasteiger charge is -2.73. The smallest absolute Gasteiger partial charge is 0.00341 e. The lowest BCUT2D eigenvalue weighted by atomic mass is 9.32. The molecule has 4 saturated carbocycles. The first-order valence-electron chi connectivity index (χ1n) is 13.2. The highest BCUT2D eigenvalue weighted by molar-refractivity contribution is 5.34. The van der Waals surface area contributed by atoms with Crippen LogP contribution in [0.25, 0.3) is 0 Å². The summed E-state index contributed by atoms with van der Waals surface area (Å²) in [6.45, 7) is 18.8. The SMILES string of the molecule is CC1CCCC2(C)C1CCC1(C)C3CCC4(C)CCCC(C)C4(C)C3=CCC12C. The van der Waals surface area contributed by atoms with Crippen molar-refractivity contribution in [3.8, 4) is 0 Å². The van der Waals surface area contributed by atoms with Gasteiger partial charge in [0.25, 0.3) is 0 Å². The van der Waals surface area contributed by atoms with Gasteiger partial charge in [-0.15, -0.1) is 0 Å². The van der Waals surface area contributed by atoms with Gasteiger partial charge in [0.2, 0.25) is 0 Å². The van der Waals surface area contributed by atoms with Crippen molar-refractivity contribution in [1.29, 1.82) is 0 Å². The van der Waals surface area contributed by atoms with E-state index in [0.29, 0.717) is 27.1 Å². The van der Waals surface area contributed by atoms with Crippen LogP contribution < -0.4 is 0 Å². The van der Waals surface area contributed by atoms with Crippen LogP contribution >= 0.6 is 0 Å². The van der Waals surface area contributed by atoms with E-state index in [1.807, 2.05) is 5.57 Å². The first kappa shape index (κ1) is 20.6. The zero-order valence-electron chi connectivity index (χ0n) is 20.7. The van der Waals surface area contributed by atoms with Crippen LogP contribution in [-0.2, 0) is 0 Å². The lowest BCUT2D eigenvalue weighted by molar-refractivity contribution is -0.201. The molecule has 5 aliphatic rings. The van der Waals surface area contributed by atoms with Crippen molar-refractivity contribution in [3.05, 3.63) is 11.6 Å². The quantitative estimate of drug-likeness (QED) is 0.359. The maximum absolute atomic E-state index is 2.86. The highest BCUT2D eigenvalue weighted by Gasteiger charge is 2.68. The Bertz CT molecular complexity index is 718. The summed E-state index contributed by atoms with van der Waals surface area (Å²) in [4.78, 5) is 0. The fraction of sp³-hybridized carbons (Fsp3) is 0.931. The third-order valence-electron chi connectivity index (χ3n) is 13.4. The van der Waals surface area contributed by atoms with E-state index in [9.17, 15) is 0 Å². The van der Waals surface area contributed by atoms with E-state index in [4.69, 9.17) is 0 Å². The summed E-state index contributed by atoms with van der Waals surface area (Å²) in [7, 11) is 0. The van der Waals surface area contributed by atoms with Crippen LogP contribution in [0.5, 0.6) is 0 Å². The summed E-state index contributed by atoms with van der Waals surface area (Å²) in [5.74, 6) is 3.59. The van der Waals surface area contributed by atoms with Crippen molar-refractivity contribution in [2.75, 3.05) is 0 Å². The van der Waals surface area contributed by atoms with Gasteiger partial charge in [-0.3, -0.25) is 0 Å². The molecule has 5 rings (SSSR count).